The molecule has 0 spiro atoms. The second kappa shape index (κ2) is 9.73. The summed E-state index contributed by atoms with van der Waals surface area (Å²) >= 11 is 0. The molecule has 1 saturated heterocycles. The van der Waals surface area contributed by atoms with Crippen LogP contribution in [0.15, 0.2) is 54.6 Å². The second-order valence-electron chi connectivity index (χ2n) is 6.59. The second-order valence-corrected chi connectivity index (χ2v) is 6.59. The van der Waals surface area contributed by atoms with E-state index in [4.69, 9.17) is 4.74 Å². The average Bonchev–Trinajstić information content (AvgIpc) is 2.74. The lowest BCUT2D eigenvalue weighted by Crippen LogP contribution is -2.50. The van der Waals surface area contributed by atoms with Gasteiger partial charge in [0, 0.05) is 43.6 Å². The zero-order chi connectivity index (χ0) is 20.6. The van der Waals surface area contributed by atoms with Gasteiger partial charge in [-0.15, -0.1) is 0 Å². The van der Waals surface area contributed by atoms with Gasteiger partial charge in [-0.25, -0.2) is 14.0 Å². The third kappa shape index (κ3) is 5.81. The highest BCUT2D eigenvalue weighted by Crippen LogP contribution is 2.18. The number of carbonyl (C=O) groups is 2. The zero-order valence-corrected chi connectivity index (χ0v) is 16.3. The summed E-state index contributed by atoms with van der Waals surface area (Å²) in [4.78, 5) is 27.7. The van der Waals surface area contributed by atoms with E-state index < -0.39 is 0 Å². The number of piperazine rings is 1. The molecule has 0 saturated carbocycles. The number of halogens is 1. The molecule has 1 aliphatic rings. The van der Waals surface area contributed by atoms with Gasteiger partial charge in [-0.05, 0) is 55.0 Å². The standard InChI is InChI=1S/C22H24FN3O3/c1-2-29-21(27)12-5-17-3-8-19(9-4-17)24-22(28)26-15-13-25(14-16-26)20-10-6-18(23)7-11-20/h3-12H,2,13-16H2,1H3,(H,24,28)/b12-5+. The van der Waals surface area contributed by atoms with Crippen LogP contribution in [0, 0.1) is 5.82 Å². The Morgan fingerprint density at radius 2 is 1.69 bits per heavy atom. The van der Waals surface area contributed by atoms with Crippen LogP contribution in [0.5, 0.6) is 0 Å². The summed E-state index contributed by atoms with van der Waals surface area (Å²) in [5.41, 5.74) is 2.48. The monoisotopic (exact) mass is 397 g/mol. The van der Waals surface area contributed by atoms with Crippen molar-refractivity contribution in [1.82, 2.24) is 4.90 Å². The minimum Gasteiger partial charge on any atom is -0.463 e. The minimum absolute atomic E-state index is 0.154. The maximum Gasteiger partial charge on any atom is 0.330 e. The fraction of sp³-hybridized carbons (Fsp3) is 0.273. The third-order valence-corrected chi connectivity index (χ3v) is 4.62. The number of carbonyl (C=O) groups excluding carboxylic acids is 2. The van der Waals surface area contributed by atoms with Crippen LogP contribution in [0.25, 0.3) is 6.08 Å². The summed E-state index contributed by atoms with van der Waals surface area (Å²) in [5.74, 6) is -0.640. The van der Waals surface area contributed by atoms with Gasteiger partial charge < -0.3 is 19.9 Å². The van der Waals surface area contributed by atoms with Gasteiger partial charge in [0.05, 0.1) is 6.61 Å². The first kappa shape index (κ1) is 20.4. The molecule has 0 aliphatic carbocycles. The fourth-order valence-electron chi connectivity index (χ4n) is 3.05. The van der Waals surface area contributed by atoms with E-state index in [1.807, 2.05) is 12.1 Å². The summed E-state index contributed by atoms with van der Waals surface area (Å²) < 4.78 is 17.9. The summed E-state index contributed by atoms with van der Waals surface area (Å²) in [7, 11) is 0. The zero-order valence-electron chi connectivity index (χ0n) is 16.3. The van der Waals surface area contributed by atoms with E-state index in [1.54, 1.807) is 42.2 Å². The molecule has 0 bridgehead atoms. The quantitative estimate of drug-likeness (QED) is 0.617. The number of esters is 1. The molecule has 1 fully saturated rings. The van der Waals surface area contributed by atoms with E-state index in [0.717, 1.165) is 11.3 Å². The van der Waals surface area contributed by atoms with Crippen molar-refractivity contribution in [2.75, 3.05) is 43.0 Å². The molecule has 0 aromatic heterocycles. The Hall–Kier alpha value is -3.35. The predicted octanol–water partition coefficient (Wildman–Crippen LogP) is 3.76. The molecule has 1 N–H and O–H groups in total. The van der Waals surface area contributed by atoms with E-state index in [9.17, 15) is 14.0 Å². The van der Waals surface area contributed by atoms with Gasteiger partial charge in [0.2, 0.25) is 0 Å². The molecule has 1 heterocycles. The average molecular weight is 397 g/mol. The Labute approximate surface area is 169 Å². The Morgan fingerprint density at radius 1 is 1.03 bits per heavy atom. The number of anilines is 2. The molecule has 152 valence electrons. The third-order valence-electron chi connectivity index (χ3n) is 4.62. The molecule has 2 aromatic carbocycles. The fourth-order valence-corrected chi connectivity index (χ4v) is 3.05. The summed E-state index contributed by atoms with van der Waals surface area (Å²) in [5, 5.41) is 2.89. The highest BCUT2D eigenvalue weighted by molar-refractivity contribution is 5.90. The van der Waals surface area contributed by atoms with Crippen molar-refractivity contribution in [1.29, 1.82) is 0 Å². The maximum atomic E-state index is 13.1. The topological polar surface area (TPSA) is 61.9 Å². The molecule has 0 unspecified atom stereocenters. The van der Waals surface area contributed by atoms with Crippen molar-refractivity contribution >= 4 is 29.5 Å². The molecule has 7 heteroatoms. The SMILES string of the molecule is CCOC(=O)/C=C/c1ccc(NC(=O)N2CCN(c3ccc(F)cc3)CC2)cc1. The van der Waals surface area contributed by atoms with Crippen molar-refractivity contribution in [3.8, 4) is 0 Å². The van der Waals surface area contributed by atoms with Crippen LogP contribution in [0.3, 0.4) is 0 Å². The first-order chi connectivity index (χ1) is 14.0. The number of nitrogens with one attached hydrogen (secondary N) is 1. The number of hydrogen-bond acceptors (Lipinski definition) is 4. The van der Waals surface area contributed by atoms with Gasteiger partial charge in [-0.3, -0.25) is 0 Å². The number of urea groups is 1. The van der Waals surface area contributed by atoms with Crippen LogP contribution in [0.2, 0.25) is 0 Å². The molecule has 0 atom stereocenters. The molecule has 29 heavy (non-hydrogen) atoms. The number of benzene rings is 2. The Bertz CT molecular complexity index is 858. The van der Waals surface area contributed by atoms with Gasteiger partial charge in [0.25, 0.3) is 0 Å². The maximum absolute atomic E-state index is 13.1. The van der Waals surface area contributed by atoms with Gasteiger partial charge in [-0.1, -0.05) is 12.1 Å². The highest BCUT2D eigenvalue weighted by atomic mass is 19.1. The van der Waals surface area contributed by atoms with Crippen LogP contribution in [-0.4, -0.2) is 49.7 Å². The van der Waals surface area contributed by atoms with Crippen molar-refractivity contribution in [3.63, 3.8) is 0 Å². The molecule has 0 radical (unpaired) electrons. The molecule has 1 aliphatic heterocycles. The number of rotatable bonds is 5. The van der Waals surface area contributed by atoms with E-state index in [0.29, 0.717) is 38.5 Å². The highest BCUT2D eigenvalue weighted by Gasteiger charge is 2.21. The molecule has 2 aromatic rings. The Kier molecular flexibility index (Phi) is 6.84. The number of amides is 2. The Balaban J connectivity index is 1.49. The molecule has 3 rings (SSSR count). The summed E-state index contributed by atoms with van der Waals surface area (Å²) in [6.07, 6.45) is 3.04. The number of nitrogens with zero attached hydrogens (tertiary/aromatic N) is 2. The summed E-state index contributed by atoms with van der Waals surface area (Å²) in [6.45, 7) is 4.65. The van der Waals surface area contributed by atoms with E-state index in [-0.39, 0.29) is 17.8 Å². The van der Waals surface area contributed by atoms with Gasteiger partial charge in [0.15, 0.2) is 0 Å². The lowest BCUT2D eigenvalue weighted by molar-refractivity contribution is -0.137. The van der Waals surface area contributed by atoms with Crippen LogP contribution < -0.4 is 10.2 Å². The number of ether oxygens (including phenoxy) is 1. The first-order valence-corrected chi connectivity index (χ1v) is 9.56. The van der Waals surface area contributed by atoms with E-state index in [2.05, 4.69) is 10.2 Å². The largest absolute Gasteiger partial charge is 0.463 e. The smallest absolute Gasteiger partial charge is 0.330 e. The van der Waals surface area contributed by atoms with Gasteiger partial charge in [-0.2, -0.15) is 0 Å². The Morgan fingerprint density at radius 3 is 2.31 bits per heavy atom. The van der Waals surface area contributed by atoms with Crippen molar-refractivity contribution < 1.29 is 18.7 Å². The lowest BCUT2D eigenvalue weighted by Gasteiger charge is -2.36. The van der Waals surface area contributed by atoms with Crippen LogP contribution in [0.4, 0.5) is 20.6 Å². The van der Waals surface area contributed by atoms with Gasteiger partial charge in [0.1, 0.15) is 5.82 Å². The molecule has 2 amide bonds. The normalized spacial score (nSPS) is 14.1. The first-order valence-electron chi connectivity index (χ1n) is 9.56. The number of hydrogen-bond donors (Lipinski definition) is 1. The van der Waals surface area contributed by atoms with Crippen LogP contribution in [-0.2, 0) is 9.53 Å². The minimum atomic E-state index is -0.385. The van der Waals surface area contributed by atoms with Crippen molar-refractivity contribution in [2.45, 2.75) is 6.92 Å². The van der Waals surface area contributed by atoms with E-state index in [1.165, 1.54) is 18.2 Å². The molecular weight excluding hydrogens is 373 g/mol. The van der Waals surface area contributed by atoms with Crippen molar-refractivity contribution in [3.05, 3.63) is 66.0 Å². The predicted molar refractivity (Wildman–Crippen MR) is 111 cm³/mol. The van der Waals surface area contributed by atoms with Crippen LogP contribution in [0.1, 0.15) is 12.5 Å². The molecular formula is C22H24FN3O3. The van der Waals surface area contributed by atoms with E-state index >= 15 is 0 Å². The lowest BCUT2D eigenvalue weighted by atomic mass is 10.2. The summed E-state index contributed by atoms with van der Waals surface area (Å²) in [6, 6.07) is 13.5. The van der Waals surface area contributed by atoms with Gasteiger partial charge >= 0.3 is 12.0 Å². The molecule has 6 nitrogen and oxygen atoms in total. The van der Waals surface area contributed by atoms with Crippen molar-refractivity contribution in [2.24, 2.45) is 0 Å². The van der Waals surface area contributed by atoms with Crippen LogP contribution >= 0.6 is 0 Å².